The fraction of sp³-hybridized carbons (Fsp3) is 0.300. The summed E-state index contributed by atoms with van der Waals surface area (Å²) in [5, 5.41) is 4.79. The summed E-state index contributed by atoms with van der Waals surface area (Å²) >= 11 is 0. The van der Waals surface area contributed by atoms with Gasteiger partial charge in [0.15, 0.2) is 6.61 Å². The summed E-state index contributed by atoms with van der Waals surface area (Å²) in [6.45, 7) is 2.21. The van der Waals surface area contributed by atoms with Crippen LogP contribution in [0.4, 0.5) is 32.0 Å². The molecule has 2 amide bonds. The molecule has 0 saturated carbocycles. The molecule has 31 heavy (non-hydrogen) atoms. The van der Waals surface area contributed by atoms with Gasteiger partial charge in [-0.2, -0.15) is 26.3 Å². The zero-order valence-corrected chi connectivity index (χ0v) is 16.4. The molecule has 0 fully saturated rings. The van der Waals surface area contributed by atoms with Gasteiger partial charge in [0.05, 0.1) is 17.7 Å². The fourth-order valence-electron chi connectivity index (χ4n) is 2.58. The molecule has 0 atom stereocenters. The van der Waals surface area contributed by atoms with Gasteiger partial charge in [-0.1, -0.05) is 18.2 Å². The normalized spacial score (nSPS) is 11.7. The van der Waals surface area contributed by atoms with Gasteiger partial charge < -0.3 is 15.4 Å². The zero-order chi connectivity index (χ0) is 23.4. The fourth-order valence-corrected chi connectivity index (χ4v) is 2.58. The molecule has 0 spiro atoms. The molecule has 0 aromatic heterocycles. The summed E-state index contributed by atoms with van der Waals surface area (Å²) in [6.07, 6.45) is -10.1. The number of nitrogens with one attached hydrogen (secondary N) is 2. The van der Waals surface area contributed by atoms with Crippen molar-refractivity contribution >= 4 is 17.5 Å². The molecule has 2 aromatic rings. The Kier molecular flexibility index (Phi) is 7.19. The Morgan fingerprint density at radius 3 is 1.87 bits per heavy atom. The Bertz CT molecular complexity index is 918. The van der Waals surface area contributed by atoms with Crippen molar-refractivity contribution in [3.8, 4) is 5.75 Å². The number of alkyl halides is 6. The van der Waals surface area contributed by atoms with Gasteiger partial charge in [-0.05, 0) is 43.2 Å². The highest BCUT2D eigenvalue weighted by Crippen LogP contribution is 2.38. The number of benzene rings is 2. The summed E-state index contributed by atoms with van der Waals surface area (Å²) < 4.78 is 81.8. The van der Waals surface area contributed by atoms with Crippen LogP contribution in [0, 0.1) is 13.8 Å². The number of anilines is 1. The highest BCUT2D eigenvalue weighted by atomic mass is 19.4. The summed E-state index contributed by atoms with van der Waals surface area (Å²) in [6, 6.07) is 6.02. The Morgan fingerprint density at radius 2 is 1.39 bits per heavy atom. The van der Waals surface area contributed by atoms with Gasteiger partial charge in [0, 0.05) is 5.69 Å². The average molecular weight is 448 g/mol. The van der Waals surface area contributed by atoms with Crippen molar-refractivity contribution in [1.29, 1.82) is 0 Å². The van der Waals surface area contributed by atoms with Crippen molar-refractivity contribution in [3.05, 3.63) is 58.7 Å². The first-order valence-electron chi connectivity index (χ1n) is 8.82. The number of halogens is 6. The number of aryl methyl sites for hydroxylation is 2. The van der Waals surface area contributed by atoms with Gasteiger partial charge in [-0.25, -0.2) is 0 Å². The van der Waals surface area contributed by atoms with Crippen LogP contribution in [-0.2, 0) is 21.9 Å². The summed E-state index contributed by atoms with van der Waals surface area (Å²) in [5.74, 6) is -2.25. The molecule has 0 aliphatic rings. The third-order valence-electron chi connectivity index (χ3n) is 4.12. The van der Waals surface area contributed by atoms with Crippen LogP contribution in [0.3, 0.4) is 0 Å². The minimum absolute atomic E-state index is 0.0508. The van der Waals surface area contributed by atoms with Crippen molar-refractivity contribution in [3.63, 3.8) is 0 Å². The molecule has 0 aliphatic heterocycles. The van der Waals surface area contributed by atoms with Crippen LogP contribution < -0.4 is 15.4 Å². The number of hydrogen-bond donors (Lipinski definition) is 2. The Hall–Kier alpha value is -3.24. The Labute approximate surface area is 173 Å². The van der Waals surface area contributed by atoms with Crippen LogP contribution in [0.5, 0.6) is 5.75 Å². The van der Waals surface area contributed by atoms with Crippen LogP contribution in [0.15, 0.2) is 36.4 Å². The monoisotopic (exact) mass is 448 g/mol. The van der Waals surface area contributed by atoms with Crippen LogP contribution in [0.1, 0.15) is 22.3 Å². The number of carbonyl (C=O) groups is 2. The number of para-hydroxylation sites is 1. The highest BCUT2D eigenvalue weighted by Gasteiger charge is 2.37. The zero-order valence-electron chi connectivity index (χ0n) is 16.4. The maximum Gasteiger partial charge on any atom is 0.416 e. The molecule has 0 heterocycles. The van der Waals surface area contributed by atoms with E-state index in [1.807, 2.05) is 0 Å². The van der Waals surface area contributed by atoms with Crippen LogP contribution in [0.25, 0.3) is 0 Å². The number of ether oxygens (including phenoxy) is 1. The molecule has 0 radical (unpaired) electrons. The second-order valence-electron chi connectivity index (χ2n) is 6.62. The van der Waals surface area contributed by atoms with E-state index in [9.17, 15) is 35.9 Å². The molecule has 0 aliphatic carbocycles. The van der Waals surface area contributed by atoms with Gasteiger partial charge in [-0.15, -0.1) is 0 Å². The third kappa shape index (κ3) is 6.90. The standard InChI is InChI=1S/C20H18F6N2O3/c1-11-4-3-5-12(2)18(11)28-16(29)9-27-17(30)10-31-15-7-13(19(21,22)23)6-14(8-15)20(24,25)26/h3-8H,9-10H2,1-2H3,(H,27,30)(H,28,29). The summed E-state index contributed by atoms with van der Waals surface area (Å²) in [4.78, 5) is 23.8. The molecule has 0 bridgehead atoms. The molecule has 168 valence electrons. The quantitative estimate of drug-likeness (QED) is 0.641. The van der Waals surface area contributed by atoms with E-state index in [1.54, 1.807) is 32.0 Å². The van der Waals surface area contributed by atoms with E-state index in [0.717, 1.165) is 11.1 Å². The third-order valence-corrected chi connectivity index (χ3v) is 4.12. The predicted octanol–water partition coefficient (Wildman–Crippen LogP) is 4.47. The molecular formula is C20H18F6N2O3. The smallest absolute Gasteiger partial charge is 0.416 e. The first-order valence-corrected chi connectivity index (χ1v) is 8.82. The minimum atomic E-state index is -5.03. The lowest BCUT2D eigenvalue weighted by molar-refractivity contribution is -0.143. The van der Waals surface area contributed by atoms with Gasteiger partial charge in [-0.3, -0.25) is 9.59 Å². The van der Waals surface area contributed by atoms with E-state index in [4.69, 9.17) is 4.74 Å². The van der Waals surface area contributed by atoms with E-state index < -0.39 is 54.2 Å². The number of carbonyl (C=O) groups excluding carboxylic acids is 2. The van der Waals surface area contributed by atoms with Crippen molar-refractivity contribution in [1.82, 2.24) is 5.32 Å². The first-order chi connectivity index (χ1) is 14.3. The molecule has 11 heteroatoms. The maximum absolute atomic E-state index is 12.8. The molecule has 2 rings (SSSR count). The highest BCUT2D eigenvalue weighted by molar-refractivity contribution is 5.95. The molecular weight excluding hydrogens is 430 g/mol. The second-order valence-corrected chi connectivity index (χ2v) is 6.62. The van der Waals surface area contributed by atoms with E-state index in [1.165, 1.54) is 0 Å². The van der Waals surface area contributed by atoms with Crippen molar-refractivity contribution < 1.29 is 40.7 Å². The van der Waals surface area contributed by atoms with Crippen LogP contribution in [0.2, 0.25) is 0 Å². The van der Waals surface area contributed by atoms with Gasteiger partial charge >= 0.3 is 12.4 Å². The number of hydrogen-bond acceptors (Lipinski definition) is 3. The van der Waals surface area contributed by atoms with Gasteiger partial charge in [0.2, 0.25) is 5.91 Å². The summed E-state index contributed by atoms with van der Waals surface area (Å²) in [7, 11) is 0. The number of amides is 2. The second kappa shape index (κ2) is 9.27. The van der Waals surface area contributed by atoms with E-state index in [0.29, 0.717) is 17.8 Å². The van der Waals surface area contributed by atoms with E-state index in [2.05, 4.69) is 10.6 Å². The number of rotatable bonds is 6. The Morgan fingerprint density at radius 1 is 0.871 bits per heavy atom. The SMILES string of the molecule is Cc1cccc(C)c1NC(=O)CNC(=O)COc1cc(C(F)(F)F)cc(C(F)(F)F)c1. The topological polar surface area (TPSA) is 67.4 Å². The average Bonchev–Trinajstić information content (AvgIpc) is 2.66. The van der Waals surface area contributed by atoms with Crippen molar-refractivity contribution in [2.45, 2.75) is 26.2 Å². The van der Waals surface area contributed by atoms with Gasteiger partial charge in [0.25, 0.3) is 5.91 Å². The Balaban J connectivity index is 1.97. The van der Waals surface area contributed by atoms with E-state index in [-0.39, 0.29) is 6.07 Å². The lowest BCUT2D eigenvalue weighted by Gasteiger charge is -2.15. The minimum Gasteiger partial charge on any atom is -0.484 e. The lowest BCUT2D eigenvalue weighted by Crippen LogP contribution is -2.36. The molecule has 0 saturated heterocycles. The van der Waals surface area contributed by atoms with Gasteiger partial charge in [0.1, 0.15) is 5.75 Å². The first kappa shape index (κ1) is 24.0. The molecule has 0 unspecified atom stereocenters. The van der Waals surface area contributed by atoms with E-state index >= 15 is 0 Å². The maximum atomic E-state index is 12.8. The summed E-state index contributed by atoms with van der Waals surface area (Å²) in [5.41, 5.74) is -0.959. The largest absolute Gasteiger partial charge is 0.484 e. The molecule has 2 N–H and O–H groups in total. The van der Waals surface area contributed by atoms with Crippen LogP contribution in [-0.4, -0.2) is 25.0 Å². The molecule has 5 nitrogen and oxygen atoms in total. The molecule has 2 aromatic carbocycles. The van der Waals surface area contributed by atoms with Crippen molar-refractivity contribution in [2.24, 2.45) is 0 Å². The lowest BCUT2D eigenvalue weighted by atomic mass is 10.1. The predicted molar refractivity (Wildman–Crippen MR) is 99.5 cm³/mol. The van der Waals surface area contributed by atoms with Crippen molar-refractivity contribution in [2.75, 3.05) is 18.5 Å². The van der Waals surface area contributed by atoms with Crippen LogP contribution >= 0.6 is 0 Å².